The molecule has 10 nitrogen and oxygen atoms in total. The van der Waals surface area contributed by atoms with E-state index in [-0.39, 0.29) is 11.9 Å². The fourth-order valence-corrected chi connectivity index (χ4v) is 4.39. The summed E-state index contributed by atoms with van der Waals surface area (Å²) >= 11 is 0. The minimum absolute atomic E-state index is 0.0221. The van der Waals surface area contributed by atoms with Gasteiger partial charge in [-0.1, -0.05) is 84.0 Å². The monoisotopic (exact) mass is 539 g/mol. The molecule has 0 aliphatic rings. The Morgan fingerprint density at radius 1 is 0.658 bits per heavy atom. The second-order valence-corrected chi connectivity index (χ2v) is 10.3. The Morgan fingerprint density at radius 3 is 1.68 bits per heavy atom. The molecule has 0 bridgehead atoms. The molecule has 0 unspecified atom stereocenters. The van der Waals surface area contributed by atoms with Gasteiger partial charge in [-0.3, -0.25) is 19.4 Å². The Morgan fingerprint density at radius 2 is 1.18 bits per heavy atom. The number of guanidine groups is 1. The van der Waals surface area contributed by atoms with Gasteiger partial charge in [0.05, 0.1) is 0 Å². The highest BCUT2D eigenvalue weighted by Crippen LogP contribution is 2.13. The summed E-state index contributed by atoms with van der Waals surface area (Å²) in [5.74, 6) is -1.22. The number of hydrogen-bond donors (Lipinski definition) is 6. The van der Waals surface area contributed by atoms with Crippen molar-refractivity contribution >= 4 is 23.7 Å². The summed E-state index contributed by atoms with van der Waals surface area (Å²) in [6.45, 7) is 3.09. The molecule has 0 rings (SSSR count). The van der Waals surface area contributed by atoms with Gasteiger partial charge in [0.15, 0.2) is 5.96 Å². The third-order valence-corrected chi connectivity index (χ3v) is 6.71. The minimum atomic E-state index is -0.799. The number of nitrogens with zero attached hydrogens (tertiary/aromatic N) is 1. The number of hydrogen-bond acceptors (Lipinski definition) is 5. The van der Waals surface area contributed by atoms with Crippen molar-refractivity contribution in [3.63, 3.8) is 0 Å². The van der Waals surface area contributed by atoms with E-state index in [1.54, 1.807) is 0 Å². The van der Waals surface area contributed by atoms with Gasteiger partial charge < -0.3 is 33.6 Å². The van der Waals surface area contributed by atoms with Crippen molar-refractivity contribution in [2.24, 2.45) is 27.9 Å². The van der Waals surface area contributed by atoms with Crippen LogP contribution in [-0.2, 0) is 14.4 Å². The van der Waals surface area contributed by atoms with Crippen LogP contribution in [0.2, 0.25) is 0 Å². The van der Waals surface area contributed by atoms with E-state index in [9.17, 15) is 14.4 Å². The lowest BCUT2D eigenvalue weighted by Crippen LogP contribution is -2.53. The van der Waals surface area contributed by atoms with Gasteiger partial charge in [-0.25, -0.2) is 0 Å². The molecule has 3 amide bonds. The second kappa shape index (κ2) is 24.9. The van der Waals surface area contributed by atoms with Gasteiger partial charge in [-0.05, 0) is 45.1 Å². The molecule has 0 aromatic heterocycles. The number of carbonyl (C=O) groups excluding carboxylic acids is 3. The van der Waals surface area contributed by atoms with Crippen LogP contribution in [0, 0.1) is 0 Å². The SMILES string of the molecule is CCCCCCCCCCCCCCCC(=O)N[C@@H](CCCN=C(N)N)C(=O)N[C@@H](CCCCN)C(N)=O. The van der Waals surface area contributed by atoms with Crippen LogP contribution in [-0.4, -0.2) is 48.9 Å². The molecule has 0 aliphatic heterocycles. The van der Waals surface area contributed by atoms with Crippen LogP contribution in [0.3, 0.4) is 0 Å². The molecule has 0 aliphatic carbocycles. The maximum Gasteiger partial charge on any atom is 0.243 e. The quantitative estimate of drug-likeness (QED) is 0.0555. The normalized spacial score (nSPS) is 12.5. The van der Waals surface area contributed by atoms with E-state index in [0.29, 0.717) is 45.2 Å². The molecular weight excluding hydrogens is 482 g/mol. The van der Waals surface area contributed by atoms with Gasteiger partial charge in [0.25, 0.3) is 0 Å². The first-order valence-electron chi connectivity index (χ1n) is 15.0. The highest BCUT2D eigenvalue weighted by molar-refractivity contribution is 5.91. The standard InChI is InChI=1S/C28H57N7O3/c1-2-3-4-5-6-7-8-9-10-11-12-13-14-20-25(36)34-24(19-17-22-33-28(31)32)27(38)35-23(26(30)37)18-15-16-21-29/h23-24H,2-22,29H2,1H3,(H2,30,37)(H,34,36)(H,35,38)(H4,31,32,33)/t23-,24-/m0/s1. The second-order valence-electron chi connectivity index (χ2n) is 10.3. The summed E-state index contributed by atoms with van der Waals surface area (Å²) in [4.78, 5) is 41.2. The number of aliphatic imine (C=N–C) groups is 1. The summed E-state index contributed by atoms with van der Waals surface area (Å²) < 4.78 is 0. The fourth-order valence-electron chi connectivity index (χ4n) is 4.39. The lowest BCUT2D eigenvalue weighted by Gasteiger charge is -2.22. The molecule has 0 spiro atoms. The van der Waals surface area contributed by atoms with Gasteiger partial charge in [-0.2, -0.15) is 0 Å². The Balaban J connectivity index is 4.37. The third-order valence-electron chi connectivity index (χ3n) is 6.71. The molecule has 0 saturated carbocycles. The molecule has 0 heterocycles. The fraction of sp³-hybridized carbons (Fsp3) is 0.857. The zero-order valence-electron chi connectivity index (χ0n) is 24.0. The van der Waals surface area contributed by atoms with Crippen LogP contribution >= 0.6 is 0 Å². The van der Waals surface area contributed by atoms with Crippen LogP contribution in [0.1, 0.15) is 129 Å². The highest BCUT2D eigenvalue weighted by Gasteiger charge is 2.25. The Labute approximate surface area is 230 Å². The number of unbranched alkanes of at least 4 members (excludes halogenated alkanes) is 13. The number of amides is 3. The first kappa shape index (κ1) is 35.6. The zero-order valence-corrected chi connectivity index (χ0v) is 24.0. The van der Waals surface area contributed by atoms with Crippen molar-refractivity contribution < 1.29 is 14.4 Å². The van der Waals surface area contributed by atoms with Crippen molar-refractivity contribution in [3.05, 3.63) is 0 Å². The van der Waals surface area contributed by atoms with Crippen molar-refractivity contribution in [1.82, 2.24) is 10.6 Å². The molecule has 0 aromatic carbocycles. The van der Waals surface area contributed by atoms with Crippen LogP contribution in [0.25, 0.3) is 0 Å². The summed E-state index contributed by atoms with van der Waals surface area (Å²) in [5.41, 5.74) is 21.7. The summed E-state index contributed by atoms with van der Waals surface area (Å²) in [6.07, 6.45) is 19.1. The molecular formula is C28H57N7O3. The largest absolute Gasteiger partial charge is 0.370 e. The number of rotatable bonds is 26. The molecule has 222 valence electrons. The van der Waals surface area contributed by atoms with E-state index in [4.69, 9.17) is 22.9 Å². The molecule has 2 atom stereocenters. The number of primary amides is 1. The lowest BCUT2D eigenvalue weighted by molar-refractivity contribution is -0.131. The lowest BCUT2D eigenvalue weighted by atomic mass is 10.0. The van der Waals surface area contributed by atoms with E-state index >= 15 is 0 Å². The predicted octanol–water partition coefficient (Wildman–Crippen LogP) is 3.11. The zero-order chi connectivity index (χ0) is 28.4. The van der Waals surface area contributed by atoms with Crippen LogP contribution < -0.4 is 33.6 Å². The van der Waals surface area contributed by atoms with Gasteiger partial charge >= 0.3 is 0 Å². The Hall–Kier alpha value is -2.36. The van der Waals surface area contributed by atoms with E-state index in [0.717, 1.165) is 25.7 Å². The smallest absolute Gasteiger partial charge is 0.243 e. The topological polar surface area (TPSA) is 192 Å². The summed E-state index contributed by atoms with van der Waals surface area (Å²) in [6, 6.07) is -1.58. The van der Waals surface area contributed by atoms with Gasteiger partial charge in [0.2, 0.25) is 17.7 Å². The van der Waals surface area contributed by atoms with E-state index < -0.39 is 23.9 Å². The van der Waals surface area contributed by atoms with Crippen LogP contribution in [0.4, 0.5) is 0 Å². The molecule has 10 heteroatoms. The molecule has 38 heavy (non-hydrogen) atoms. The minimum Gasteiger partial charge on any atom is -0.370 e. The Kier molecular flexibility index (Phi) is 23.4. The van der Waals surface area contributed by atoms with Gasteiger partial charge in [0.1, 0.15) is 12.1 Å². The van der Waals surface area contributed by atoms with Crippen molar-refractivity contribution in [1.29, 1.82) is 0 Å². The first-order valence-corrected chi connectivity index (χ1v) is 15.0. The van der Waals surface area contributed by atoms with Gasteiger partial charge in [-0.15, -0.1) is 0 Å². The summed E-state index contributed by atoms with van der Waals surface area (Å²) in [7, 11) is 0. The van der Waals surface area contributed by atoms with Gasteiger partial charge in [0, 0.05) is 13.0 Å². The number of carbonyl (C=O) groups is 3. The average Bonchev–Trinajstić information content (AvgIpc) is 2.87. The third kappa shape index (κ3) is 21.7. The van der Waals surface area contributed by atoms with E-state index in [2.05, 4.69) is 22.5 Å². The molecule has 0 radical (unpaired) electrons. The molecule has 10 N–H and O–H groups in total. The van der Waals surface area contributed by atoms with Crippen molar-refractivity contribution in [2.45, 2.75) is 141 Å². The Bertz CT molecular complexity index is 654. The van der Waals surface area contributed by atoms with Crippen molar-refractivity contribution in [3.8, 4) is 0 Å². The van der Waals surface area contributed by atoms with Crippen molar-refractivity contribution in [2.75, 3.05) is 13.1 Å². The van der Waals surface area contributed by atoms with Crippen LogP contribution in [0.5, 0.6) is 0 Å². The average molecular weight is 540 g/mol. The van der Waals surface area contributed by atoms with E-state index in [1.165, 1.54) is 64.2 Å². The molecule has 0 saturated heterocycles. The number of nitrogens with one attached hydrogen (secondary N) is 2. The number of nitrogens with two attached hydrogens (primary N) is 4. The highest BCUT2D eigenvalue weighted by atomic mass is 16.2. The van der Waals surface area contributed by atoms with Crippen LogP contribution in [0.15, 0.2) is 4.99 Å². The maximum absolute atomic E-state index is 12.9. The summed E-state index contributed by atoms with van der Waals surface area (Å²) in [5, 5.41) is 5.52. The maximum atomic E-state index is 12.9. The molecule has 0 aromatic rings. The molecule has 0 fully saturated rings. The predicted molar refractivity (Wildman–Crippen MR) is 156 cm³/mol. The van der Waals surface area contributed by atoms with E-state index in [1.807, 2.05) is 0 Å². The first-order chi connectivity index (χ1) is 18.3.